The second-order valence-electron chi connectivity index (χ2n) is 7.93. The van der Waals surface area contributed by atoms with E-state index in [1.807, 2.05) is 34.3 Å². The minimum absolute atomic E-state index is 0.0753. The molecule has 2 rings (SSSR count). The Morgan fingerprint density at radius 3 is 1.26 bits per heavy atom. The first-order valence-electron chi connectivity index (χ1n) is 12.2. The Morgan fingerprint density at radius 1 is 0.657 bits per heavy atom. The average Bonchev–Trinajstić information content (AvgIpc) is 3.18. The Bertz CT molecular complexity index is 700. The topological polar surface area (TPSA) is 124 Å². The fourth-order valence-corrected chi connectivity index (χ4v) is 4.03. The quantitative estimate of drug-likeness (QED) is 0.212. The Morgan fingerprint density at radius 2 is 0.971 bits per heavy atom. The molecule has 0 aromatic heterocycles. The summed E-state index contributed by atoms with van der Waals surface area (Å²) in [5.74, 6) is -4.48. The molecule has 0 amide bonds. The molecule has 11 heteroatoms. The van der Waals surface area contributed by atoms with Gasteiger partial charge < -0.3 is 18.9 Å². The molecular formula is C24H37N3O8. The number of nitrogens with zero attached hydrogens (tertiary/aromatic N) is 2. The van der Waals surface area contributed by atoms with Crippen LogP contribution in [0.2, 0.25) is 0 Å². The van der Waals surface area contributed by atoms with Gasteiger partial charge in [-0.2, -0.15) is 5.53 Å². The Hall–Kier alpha value is -2.76. The zero-order chi connectivity index (χ0) is 25.8. The molecule has 1 fully saturated rings. The molecule has 0 aromatic carbocycles. The number of hydrogen-bond donors (Lipinski definition) is 1. The molecule has 1 aliphatic carbocycles. The van der Waals surface area contributed by atoms with E-state index in [4.69, 9.17) is 18.9 Å². The summed E-state index contributed by atoms with van der Waals surface area (Å²) in [6.45, 7) is 8.14. The van der Waals surface area contributed by atoms with Crippen molar-refractivity contribution in [3.05, 3.63) is 24.3 Å². The zero-order valence-electron chi connectivity index (χ0n) is 20.9. The lowest BCUT2D eigenvalue weighted by molar-refractivity contribution is -0.163. The predicted molar refractivity (Wildman–Crippen MR) is 125 cm³/mol. The summed E-state index contributed by atoms with van der Waals surface area (Å²) < 4.78 is 20.2. The monoisotopic (exact) mass is 495 g/mol. The molecule has 11 nitrogen and oxygen atoms in total. The van der Waals surface area contributed by atoms with Crippen LogP contribution in [0.5, 0.6) is 0 Å². The first kappa shape index (κ1) is 28.5. The van der Waals surface area contributed by atoms with Gasteiger partial charge in [-0.15, -0.1) is 0 Å². The van der Waals surface area contributed by atoms with Gasteiger partial charge >= 0.3 is 23.9 Å². The van der Waals surface area contributed by atoms with Gasteiger partial charge in [-0.05, 0) is 40.5 Å². The fraction of sp³-hybridized carbons (Fsp3) is 0.667. The van der Waals surface area contributed by atoms with Crippen LogP contribution in [0.25, 0.3) is 0 Å². The SMILES string of the molecule is CCOC(=O)C(CCN1NN(CCC(C(=O)OCC)C(=O)OCC)C2C=CC=CC21)C(=O)OCC. The van der Waals surface area contributed by atoms with E-state index < -0.39 is 35.7 Å². The van der Waals surface area contributed by atoms with E-state index in [0.29, 0.717) is 13.1 Å². The highest BCUT2D eigenvalue weighted by molar-refractivity contribution is 5.95. The third kappa shape index (κ3) is 7.87. The molecule has 0 spiro atoms. The lowest BCUT2D eigenvalue weighted by atomic mass is 10.00. The van der Waals surface area contributed by atoms with Crippen LogP contribution >= 0.6 is 0 Å². The van der Waals surface area contributed by atoms with Crippen LogP contribution in [0.15, 0.2) is 24.3 Å². The molecule has 0 bridgehead atoms. The molecule has 0 radical (unpaired) electrons. The largest absolute Gasteiger partial charge is 0.465 e. The summed E-state index contributed by atoms with van der Waals surface area (Å²) in [4.78, 5) is 49.4. The van der Waals surface area contributed by atoms with Crippen LogP contribution in [-0.4, -0.2) is 85.5 Å². The lowest BCUT2D eigenvalue weighted by Crippen LogP contribution is -2.44. The van der Waals surface area contributed by atoms with Gasteiger partial charge in [0.15, 0.2) is 11.8 Å². The van der Waals surface area contributed by atoms with Crippen molar-refractivity contribution in [2.24, 2.45) is 11.8 Å². The summed E-state index contributed by atoms with van der Waals surface area (Å²) >= 11 is 0. The van der Waals surface area contributed by atoms with Crippen molar-refractivity contribution in [1.29, 1.82) is 0 Å². The summed E-state index contributed by atoms with van der Waals surface area (Å²) in [6.07, 6.45) is 8.27. The highest BCUT2D eigenvalue weighted by Crippen LogP contribution is 2.25. The van der Waals surface area contributed by atoms with Crippen LogP contribution in [0.3, 0.4) is 0 Å². The number of carbonyl (C=O) groups excluding carboxylic acids is 4. The lowest BCUT2D eigenvalue weighted by Gasteiger charge is -2.24. The molecule has 196 valence electrons. The van der Waals surface area contributed by atoms with Crippen LogP contribution in [-0.2, 0) is 38.1 Å². The van der Waals surface area contributed by atoms with Crippen molar-refractivity contribution in [3.8, 4) is 0 Å². The predicted octanol–water partition coefficient (Wildman–Crippen LogP) is 1.15. The molecule has 2 aliphatic rings. The summed E-state index contributed by atoms with van der Waals surface area (Å²) in [7, 11) is 0. The normalized spacial score (nSPS) is 19.6. The maximum absolute atomic E-state index is 12.3. The highest BCUT2D eigenvalue weighted by Gasteiger charge is 2.40. The second-order valence-corrected chi connectivity index (χ2v) is 7.93. The van der Waals surface area contributed by atoms with Crippen molar-refractivity contribution in [3.63, 3.8) is 0 Å². The zero-order valence-corrected chi connectivity index (χ0v) is 20.9. The minimum Gasteiger partial charge on any atom is -0.465 e. The molecule has 1 aliphatic heterocycles. The number of hydrogen-bond acceptors (Lipinski definition) is 11. The number of rotatable bonds is 14. The van der Waals surface area contributed by atoms with Gasteiger partial charge in [0.2, 0.25) is 0 Å². The Kier molecular flexibility index (Phi) is 11.9. The van der Waals surface area contributed by atoms with Gasteiger partial charge in [-0.1, -0.05) is 24.3 Å². The molecule has 2 atom stereocenters. The number of esters is 4. The van der Waals surface area contributed by atoms with Crippen molar-refractivity contribution in [2.45, 2.75) is 52.6 Å². The fourth-order valence-electron chi connectivity index (χ4n) is 4.03. The highest BCUT2D eigenvalue weighted by atomic mass is 16.6. The van der Waals surface area contributed by atoms with Gasteiger partial charge in [0, 0.05) is 13.1 Å². The van der Waals surface area contributed by atoms with Crippen LogP contribution < -0.4 is 5.53 Å². The molecule has 1 N–H and O–H groups in total. The number of nitrogens with one attached hydrogen (secondary N) is 1. The Labute approximate surface area is 206 Å². The molecule has 1 heterocycles. The molecular weight excluding hydrogens is 458 g/mol. The average molecular weight is 496 g/mol. The maximum atomic E-state index is 12.3. The molecule has 0 saturated carbocycles. The molecule has 35 heavy (non-hydrogen) atoms. The number of fused-ring (bicyclic) bond motifs is 1. The first-order valence-corrected chi connectivity index (χ1v) is 12.2. The van der Waals surface area contributed by atoms with Crippen molar-refractivity contribution >= 4 is 23.9 Å². The van der Waals surface area contributed by atoms with E-state index in [2.05, 4.69) is 5.53 Å². The van der Waals surface area contributed by atoms with E-state index in [1.54, 1.807) is 27.7 Å². The van der Waals surface area contributed by atoms with E-state index in [-0.39, 0.29) is 51.4 Å². The van der Waals surface area contributed by atoms with Gasteiger partial charge in [-0.3, -0.25) is 19.2 Å². The van der Waals surface area contributed by atoms with Gasteiger partial charge in [-0.25, -0.2) is 10.0 Å². The number of hydrazine groups is 2. The third-order valence-corrected chi connectivity index (χ3v) is 5.66. The minimum atomic E-state index is -1.02. The molecule has 0 aromatic rings. The number of carbonyl (C=O) groups is 4. The standard InChI is InChI=1S/C24H37N3O8/c1-5-32-21(28)17(22(29)33-6-2)13-15-26-19-11-9-10-12-20(19)27(25-26)16-14-18(23(30)34-7-3)24(31)35-8-4/h9-12,17-20,25H,5-8,13-16H2,1-4H3. The number of allylic oxidation sites excluding steroid dienone is 2. The van der Waals surface area contributed by atoms with E-state index in [0.717, 1.165) is 0 Å². The molecule has 1 saturated heterocycles. The summed E-state index contributed by atoms with van der Waals surface area (Å²) in [5.41, 5.74) is 3.28. The number of ether oxygens (including phenoxy) is 4. The Balaban J connectivity index is 2.07. The van der Waals surface area contributed by atoms with E-state index in [9.17, 15) is 19.2 Å². The van der Waals surface area contributed by atoms with Crippen LogP contribution in [0.1, 0.15) is 40.5 Å². The van der Waals surface area contributed by atoms with Gasteiger partial charge in [0.25, 0.3) is 0 Å². The summed E-state index contributed by atoms with van der Waals surface area (Å²) in [5, 5.41) is 3.83. The van der Waals surface area contributed by atoms with Gasteiger partial charge in [0.05, 0.1) is 38.5 Å². The van der Waals surface area contributed by atoms with E-state index >= 15 is 0 Å². The second kappa shape index (κ2) is 14.6. The third-order valence-electron chi connectivity index (χ3n) is 5.66. The maximum Gasteiger partial charge on any atom is 0.320 e. The summed E-state index contributed by atoms with van der Waals surface area (Å²) in [6, 6.07) is -0.151. The molecule has 2 unspecified atom stereocenters. The van der Waals surface area contributed by atoms with Crippen molar-refractivity contribution < 1.29 is 38.1 Å². The van der Waals surface area contributed by atoms with Gasteiger partial charge in [0.1, 0.15) is 0 Å². The van der Waals surface area contributed by atoms with E-state index in [1.165, 1.54) is 0 Å². The van der Waals surface area contributed by atoms with Crippen molar-refractivity contribution in [2.75, 3.05) is 39.5 Å². The van der Waals surface area contributed by atoms with Crippen LogP contribution in [0, 0.1) is 11.8 Å². The van der Waals surface area contributed by atoms with Crippen LogP contribution in [0.4, 0.5) is 0 Å². The first-order chi connectivity index (χ1) is 16.9. The smallest absolute Gasteiger partial charge is 0.320 e. The van der Waals surface area contributed by atoms with Crippen molar-refractivity contribution in [1.82, 2.24) is 15.6 Å².